The number of halogens is 1. The highest BCUT2D eigenvalue weighted by atomic mass is 19.1. The average Bonchev–Trinajstić information content (AvgIpc) is 3.20. The molecule has 1 aromatic rings. The molecule has 0 aliphatic heterocycles. The Hall–Kier alpha value is -2.04. The van der Waals surface area contributed by atoms with Gasteiger partial charge in [0.05, 0.1) is 7.11 Å². The van der Waals surface area contributed by atoms with E-state index in [1.54, 1.807) is 0 Å². The molecule has 96 valence electrons. The highest BCUT2D eigenvalue weighted by molar-refractivity contribution is 5.68. The van der Waals surface area contributed by atoms with Gasteiger partial charge in [-0.1, -0.05) is 12.1 Å². The summed E-state index contributed by atoms with van der Waals surface area (Å²) in [5.41, 5.74) is 1.51. The largest absolute Gasteiger partial charge is 0.510 e. The third-order valence-electron chi connectivity index (χ3n) is 2.79. The number of methoxy groups -OCH3 is 1. The van der Waals surface area contributed by atoms with Gasteiger partial charge in [-0.25, -0.2) is 9.18 Å². The van der Waals surface area contributed by atoms with Crippen LogP contribution < -0.4 is 5.32 Å². The molecule has 1 atom stereocenters. The van der Waals surface area contributed by atoms with Crippen molar-refractivity contribution in [2.45, 2.75) is 18.9 Å². The number of carbonyl (C=O) groups excluding carboxylic acids is 1. The van der Waals surface area contributed by atoms with Crippen LogP contribution in [0.15, 0.2) is 35.6 Å². The van der Waals surface area contributed by atoms with Gasteiger partial charge in [0.25, 0.3) is 0 Å². The third-order valence-corrected chi connectivity index (χ3v) is 2.79. The van der Waals surface area contributed by atoms with E-state index in [-0.39, 0.29) is 11.6 Å². The molecule has 5 heteroatoms. The molecule has 1 aliphatic carbocycles. The second kappa shape index (κ2) is 5.08. The van der Waals surface area contributed by atoms with Gasteiger partial charge in [-0.3, -0.25) is 0 Å². The lowest BCUT2D eigenvalue weighted by Gasteiger charge is -2.18. The molecular formula is C13H14FNO3. The summed E-state index contributed by atoms with van der Waals surface area (Å²) in [5.74, 6) is -0.249. The smallest absolute Gasteiger partial charge is 0.407 e. The number of allylic oxidation sites excluding steroid dienone is 1. The van der Waals surface area contributed by atoms with Crippen molar-refractivity contribution < 1.29 is 19.0 Å². The van der Waals surface area contributed by atoms with E-state index >= 15 is 0 Å². The Kier molecular flexibility index (Phi) is 3.50. The van der Waals surface area contributed by atoms with Gasteiger partial charge in [-0.2, -0.15) is 0 Å². The number of ether oxygens (including phenoxy) is 1. The lowest BCUT2D eigenvalue weighted by atomic mass is 10.0. The maximum atomic E-state index is 12.9. The van der Waals surface area contributed by atoms with E-state index in [1.807, 2.05) is 0 Å². The monoisotopic (exact) mass is 251 g/mol. The SMILES string of the molecule is COC(=O)N[C@@H](C(O)=C1CC1)c1ccc(F)cc1. The lowest BCUT2D eigenvalue weighted by Crippen LogP contribution is -2.29. The number of aliphatic hydroxyl groups is 1. The molecule has 1 aliphatic rings. The number of carbonyl (C=O) groups is 1. The van der Waals surface area contributed by atoms with E-state index in [1.165, 1.54) is 31.4 Å². The van der Waals surface area contributed by atoms with Crippen molar-refractivity contribution in [2.24, 2.45) is 0 Å². The summed E-state index contributed by atoms with van der Waals surface area (Å²) < 4.78 is 17.4. The molecule has 4 nitrogen and oxygen atoms in total. The molecule has 0 radical (unpaired) electrons. The molecule has 2 rings (SSSR count). The van der Waals surface area contributed by atoms with Gasteiger partial charge in [0.2, 0.25) is 0 Å². The van der Waals surface area contributed by atoms with Gasteiger partial charge in [0.15, 0.2) is 0 Å². The first-order chi connectivity index (χ1) is 8.61. The molecule has 0 aromatic heterocycles. The van der Waals surface area contributed by atoms with Crippen LogP contribution in [0.4, 0.5) is 9.18 Å². The zero-order valence-electron chi connectivity index (χ0n) is 9.94. The van der Waals surface area contributed by atoms with E-state index < -0.39 is 12.1 Å². The molecule has 18 heavy (non-hydrogen) atoms. The summed E-state index contributed by atoms with van der Waals surface area (Å²) in [6.07, 6.45) is 1.01. The van der Waals surface area contributed by atoms with E-state index in [0.717, 1.165) is 18.4 Å². The number of hydrogen-bond acceptors (Lipinski definition) is 3. The molecule has 0 saturated heterocycles. The van der Waals surface area contributed by atoms with Crippen LogP contribution in [0, 0.1) is 5.82 Å². The van der Waals surface area contributed by atoms with Crippen LogP contribution in [0.25, 0.3) is 0 Å². The second-order valence-corrected chi connectivity index (χ2v) is 4.11. The Bertz CT molecular complexity index is 476. The summed E-state index contributed by atoms with van der Waals surface area (Å²) in [7, 11) is 1.25. The summed E-state index contributed by atoms with van der Waals surface area (Å²) in [5, 5.41) is 12.6. The highest BCUT2D eigenvalue weighted by Crippen LogP contribution is 2.36. The molecule has 0 bridgehead atoms. The maximum absolute atomic E-state index is 12.9. The number of alkyl carbamates (subject to hydrolysis) is 1. The van der Waals surface area contributed by atoms with E-state index in [0.29, 0.717) is 5.56 Å². The predicted molar refractivity (Wildman–Crippen MR) is 63.6 cm³/mol. The van der Waals surface area contributed by atoms with Gasteiger partial charge in [0, 0.05) is 0 Å². The fourth-order valence-corrected chi connectivity index (χ4v) is 1.66. The van der Waals surface area contributed by atoms with Crippen LogP contribution in [0.2, 0.25) is 0 Å². The molecule has 0 heterocycles. The first kappa shape index (κ1) is 12.4. The molecule has 1 amide bonds. The Morgan fingerprint density at radius 3 is 2.50 bits per heavy atom. The van der Waals surface area contributed by atoms with Crippen LogP contribution in [-0.2, 0) is 4.74 Å². The minimum Gasteiger partial charge on any atom is -0.510 e. The van der Waals surface area contributed by atoms with Crippen molar-refractivity contribution >= 4 is 6.09 Å². The van der Waals surface area contributed by atoms with Gasteiger partial charge in [0.1, 0.15) is 17.6 Å². The maximum Gasteiger partial charge on any atom is 0.407 e. The number of benzene rings is 1. The number of nitrogens with one attached hydrogen (secondary N) is 1. The molecule has 1 fully saturated rings. The van der Waals surface area contributed by atoms with E-state index in [4.69, 9.17) is 0 Å². The third kappa shape index (κ3) is 2.80. The van der Waals surface area contributed by atoms with Crippen molar-refractivity contribution in [1.82, 2.24) is 5.32 Å². The first-order valence-electron chi connectivity index (χ1n) is 5.62. The average molecular weight is 251 g/mol. The predicted octanol–water partition coefficient (Wildman–Crippen LogP) is 2.83. The van der Waals surface area contributed by atoms with Gasteiger partial charge >= 0.3 is 6.09 Å². The summed E-state index contributed by atoms with van der Waals surface area (Å²) >= 11 is 0. The Labute approximate surface area is 104 Å². The summed E-state index contributed by atoms with van der Waals surface area (Å²) in [4.78, 5) is 11.3. The van der Waals surface area contributed by atoms with Crippen molar-refractivity contribution in [2.75, 3.05) is 7.11 Å². The number of aliphatic hydroxyl groups excluding tert-OH is 1. The molecule has 1 saturated carbocycles. The minimum atomic E-state index is -0.685. The fraction of sp³-hybridized carbons (Fsp3) is 0.308. The molecule has 0 spiro atoms. The van der Waals surface area contributed by atoms with E-state index in [9.17, 15) is 14.3 Å². The second-order valence-electron chi connectivity index (χ2n) is 4.11. The van der Waals surface area contributed by atoms with Crippen LogP contribution in [-0.4, -0.2) is 18.3 Å². The van der Waals surface area contributed by atoms with Crippen LogP contribution >= 0.6 is 0 Å². The number of hydrogen-bond donors (Lipinski definition) is 2. The van der Waals surface area contributed by atoms with Gasteiger partial charge in [-0.05, 0) is 36.1 Å². The zero-order valence-corrected chi connectivity index (χ0v) is 9.94. The van der Waals surface area contributed by atoms with Crippen molar-refractivity contribution in [3.8, 4) is 0 Å². The molecule has 1 aromatic carbocycles. The normalized spacial score (nSPS) is 14.9. The Morgan fingerprint density at radius 1 is 1.39 bits per heavy atom. The summed E-state index contributed by atoms with van der Waals surface area (Å²) in [6.45, 7) is 0. The zero-order chi connectivity index (χ0) is 13.1. The Morgan fingerprint density at radius 2 is 2.00 bits per heavy atom. The minimum absolute atomic E-state index is 0.118. The standard InChI is InChI=1S/C13H14FNO3/c1-18-13(17)15-11(12(16)9-2-3-9)8-4-6-10(14)7-5-8/h4-7,11,16H,2-3H2,1H3,(H,15,17)/t11-/m1/s1. The summed E-state index contributed by atoms with van der Waals surface area (Å²) in [6, 6.07) is 4.93. The topological polar surface area (TPSA) is 58.6 Å². The highest BCUT2D eigenvalue weighted by Gasteiger charge is 2.26. The van der Waals surface area contributed by atoms with Gasteiger partial charge in [-0.15, -0.1) is 0 Å². The van der Waals surface area contributed by atoms with Crippen molar-refractivity contribution in [3.63, 3.8) is 0 Å². The van der Waals surface area contributed by atoms with Crippen molar-refractivity contribution in [3.05, 3.63) is 47.0 Å². The van der Waals surface area contributed by atoms with Crippen LogP contribution in [0.5, 0.6) is 0 Å². The molecule has 2 N–H and O–H groups in total. The van der Waals surface area contributed by atoms with E-state index in [2.05, 4.69) is 10.1 Å². The van der Waals surface area contributed by atoms with Crippen LogP contribution in [0.3, 0.4) is 0 Å². The number of rotatable bonds is 3. The molecule has 0 unspecified atom stereocenters. The van der Waals surface area contributed by atoms with Crippen molar-refractivity contribution in [1.29, 1.82) is 0 Å². The fourth-order valence-electron chi connectivity index (χ4n) is 1.66. The lowest BCUT2D eigenvalue weighted by molar-refractivity contribution is 0.165. The van der Waals surface area contributed by atoms with Crippen LogP contribution in [0.1, 0.15) is 24.4 Å². The van der Waals surface area contributed by atoms with Gasteiger partial charge < -0.3 is 15.2 Å². The molecular weight excluding hydrogens is 237 g/mol. The first-order valence-corrected chi connectivity index (χ1v) is 5.62. The number of amides is 1. The quantitative estimate of drug-likeness (QED) is 0.812. The Balaban J connectivity index is 2.26.